The molecule has 2 heterocycles. The summed E-state index contributed by atoms with van der Waals surface area (Å²) in [5, 5.41) is 13.2. The lowest BCUT2D eigenvalue weighted by atomic mass is 9.64. The van der Waals surface area contributed by atoms with E-state index in [1.54, 1.807) is 0 Å². The number of aliphatic carboxylic acids is 1. The number of aliphatic imine (C=N–C) groups is 1. The maximum absolute atomic E-state index is 11.5. The molecule has 4 heteroatoms. The van der Waals surface area contributed by atoms with Crippen LogP contribution < -0.4 is 5.32 Å². The summed E-state index contributed by atoms with van der Waals surface area (Å²) in [6.45, 7) is 3.05. The molecule has 2 aromatic rings. The molecular formula is C21H22N2O2. The quantitative estimate of drug-likeness (QED) is 0.894. The van der Waals surface area contributed by atoms with Gasteiger partial charge in [-0.25, -0.2) is 0 Å². The van der Waals surface area contributed by atoms with E-state index >= 15 is 0 Å². The number of benzene rings is 2. The summed E-state index contributed by atoms with van der Waals surface area (Å²) < 4.78 is 0. The highest BCUT2D eigenvalue weighted by molar-refractivity contribution is 6.10. The third-order valence-corrected chi connectivity index (χ3v) is 5.56. The number of nitrogens with zero attached hydrogens (tertiary/aromatic N) is 1. The SMILES string of the molecule is Cc1ccccc1C1NCCCC12C(CC(=O)O)=Nc1ccccc12. The Labute approximate surface area is 147 Å². The maximum Gasteiger partial charge on any atom is 0.309 e. The monoisotopic (exact) mass is 334 g/mol. The molecule has 0 bridgehead atoms. The molecule has 1 fully saturated rings. The van der Waals surface area contributed by atoms with Crippen molar-refractivity contribution in [2.75, 3.05) is 6.54 Å². The van der Waals surface area contributed by atoms with Crippen LogP contribution in [0, 0.1) is 6.92 Å². The van der Waals surface area contributed by atoms with Crippen molar-refractivity contribution >= 4 is 17.4 Å². The summed E-state index contributed by atoms with van der Waals surface area (Å²) >= 11 is 0. The second kappa shape index (κ2) is 6.12. The Kier molecular flexibility index (Phi) is 3.92. The van der Waals surface area contributed by atoms with E-state index in [1.807, 2.05) is 24.3 Å². The zero-order valence-electron chi connectivity index (χ0n) is 14.3. The van der Waals surface area contributed by atoms with Gasteiger partial charge in [-0.2, -0.15) is 0 Å². The molecule has 1 saturated heterocycles. The summed E-state index contributed by atoms with van der Waals surface area (Å²) in [7, 11) is 0. The minimum Gasteiger partial charge on any atom is -0.481 e. The summed E-state index contributed by atoms with van der Waals surface area (Å²) in [5.74, 6) is -0.819. The molecule has 2 unspecified atom stereocenters. The number of carboxylic acids is 1. The molecule has 0 aromatic heterocycles. The van der Waals surface area contributed by atoms with Crippen molar-refractivity contribution in [1.82, 2.24) is 5.32 Å². The van der Waals surface area contributed by atoms with E-state index < -0.39 is 5.97 Å². The van der Waals surface area contributed by atoms with Crippen molar-refractivity contribution < 1.29 is 9.90 Å². The van der Waals surface area contributed by atoms with Crippen molar-refractivity contribution in [3.63, 3.8) is 0 Å². The van der Waals surface area contributed by atoms with Crippen molar-refractivity contribution in [3.8, 4) is 0 Å². The van der Waals surface area contributed by atoms with Crippen LogP contribution in [0.3, 0.4) is 0 Å². The van der Waals surface area contributed by atoms with Gasteiger partial charge in [0.25, 0.3) is 0 Å². The van der Waals surface area contributed by atoms with Crippen LogP contribution in [0.2, 0.25) is 0 Å². The van der Waals surface area contributed by atoms with E-state index in [-0.39, 0.29) is 17.9 Å². The molecule has 128 valence electrons. The molecular weight excluding hydrogens is 312 g/mol. The molecule has 2 atom stereocenters. The second-order valence-electron chi connectivity index (χ2n) is 6.96. The first kappa shape index (κ1) is 16.0. The molecule has 0 amide bonds. The Bertz CT molecular complexity index is 858. The van der Waals surface area contributed by atoms with Crippen molar-refractivity contribution in [2.45, 2.75) is 37.6 Å². The van der Waals surface area contributed by atoms with E-state index in [9.17, 15) is 9.90 Å². The minimum absolute atomic E-state index is 0.0151. The number of hydrogen-bond donors (Lipinski definition) is 2. The molecule has 4 rings (SSSR count). The lowest BCUT2D eigenvalue weighted by Crippen LogP contribution is -2.50. The fourth-order valence-corrected chi connectivity index (χ4v) is 4.51. The average Bonchev–Trinajstić information content (AvgIpc) is 2.90. The highest BCUT2D eigenvalue weighted by atomic mass is 16.4. The lowest BCUT2D eigenvalue weighted by Gasteiger charge is -2.44. The maximum atomic E-state index is 11.5. The van der Waals surface area contributed by atoms with Crippen LogP contribution in [0.1, 0.15) is 42.0 Å². The summed E-state index contributed by atoms with van der Waals surface area (Å²) in [4.78, 5) is 16.3. The number of fused-ring (bicyclic) bond motifs is 2. The molecule has 2 N–H and O–H groups in total. The van der Waals surface area contributed by atoms with Crippen molar-refractivity contribution in [2.24, 2.45) is 4.99 Å². The predicted molar refractivity (Wildman–Crippen MR) is 98.6 cm³/mol. The molecule has 4 nitrogen and oxygen atoms in total. The number of carboxylic acid groups (broad SMARTS) is 1. The number of rotatable bonds is 3. The van der Waals surface area contributed by atoms with Gasteiger partial charge in [-0.3, -0.25) is 9.79 Å². The molecule has 25 heavy (non-hydrogen) atoms. The molecule has 1 spiro atoms. The van der Waals surface area contributed by atoms with Gasteiger partial charge in [0.15, 0.2) is 0 Å². The number of para-hydroxylation sites is 1. The van der Waals surface area contributed by atoms with Gasteiger partial charge in [-0.1, -0.05) is 42.5 Å². The molecule has 0 saturated carbocycles. The fourth-order valence-electron chi connectivity index (χ4n) is 4.51. The third-order valence-electron chi connectivity index (χ3n) is 5.56. The second-order valence-corrected chi connectivity index (χ2v) is 6.96. The zero-order valence-corrected chi connectivity index (χ0v) is 14.3. The lowest BCUT2D eigenvalue weighted by molar-refractivity contribution is -0.135. The third kappa shape index (κ3) is 2.48. The van der Waals surface area contributed by atoms with E-state index in [2.05, 4.69) is 36.5 Å². The first-order valence-corrected chi connectivity index (χ1v) is 8.81. The van der Waals surface area contributed by atoms with Gasteiger partial charge < -0.3 is 10.4 Å². The number of nitrogens with one attached hydrogen (secondary N) is 1. The van der Waals surface area contributed by atoms with Crippen LogP contribution in [-0.4, -0.2) is 23.3 Å². The Morgan fingerprint density at radius 2 is 2.00 bits per heavy atom. The number of carbonyl (C=O) groups is 1. The fraction of sp³-hybridized carbons (Fsp3) is 0.333. The van der Waals surface area contributed by atoms with Crippen LogP contribution in [0.25, 0.3) is 0 Å². The smallest absolute Gasteiger partial charge is 0.309 e. The van der Waals surface area contributed by atoms with Crippen LogP contribution in [0.15, 0.2) is 53.5 Å². The predicted octanol–water partition coefficient (Wildman–Crippen LogP) is 3.92. The molecule has 2 aliphatic heterocycles. The molecule has 2 aliphatic rings. The van der Waals surface area contributed by atoms with Gasteiger partial charge >= 0.3 is 5.97 Å². The van der Waals surface area contributed by atoms with Crippen LogP contribution in [0.4, 0.5) is 5.69 Å². The Balaban J connectivity index is 1.92. The van der Waals surface area contributed by atoms with Gasteiger partial charge in [0.2, 0.25) is 0 Å². The number of aryl methyl sites for hydroxylation is 1. The Morgan fingerprint density at radius 1 is 1.24 bits per heavy atom. The first-order chi connectivity index (χ1) is 12.1. The van der Waals surface area contributed by atoms with E-state index in [0.29, 0.717) is 0 Å². The number of piperidine rings is 1. The van der Waals surface area contributed by atoms with E-state index in [1.165, 1.54) is 11.1 Å². The van der Waals surface area contributed by atoms with Gasteiger partial charge in [0.05, 0.1) is 17.5 Å². The first-order valence-electron chi connectivity index (χ1n) is 8.81. The Hall–Kier alpha value is -2.46. The van der Waals surface area contributed by atoms with Crippen LogP contribution >= 0.6 is 0 Å². The molecule has 2 aromatic carbocycles. The minimum atomic E-state index is -0.819. The van der Waals surface area contributed by atoms with Crippen molar-refractivity contribution in [3.05, 3.63) is 65.2 Å². The van der Waals surface area contributed by atoms with Gasteiger partial charge in [-0.15, -0.1) is 0 Å². The van der Waals surface area contributed by atoms with E-state index in [0.717, 1.165) is 36.3 Å². The largest absolute Gasteiger partial charge is 0.481 e. The van der Waals surface area contributed by atoms with Gasteiger partial charge in [0, 0.05) is 11.8 Å². The number of hydrogen-bond acceptors (Lipinski definition) is 3. The summed E-state index contributed by atoms with van der Waals surface area (Å²) in [6, 6.07) is 16.5. The average molecular weight is 334 g/mol. The summed E-state index contributed by atoms with van der Waals surface area (Å²) in [6.07, 6.45) is 1.91. The van der Waals surface area contributed by atoms with Gasteiger partial charge in [-0.05, 0) is 49.1 Å². The molecule has 0 aliphatic carbocycles. The zero-order chi connectivity index (χ0) is 17.4. The highest BCUT2D eigenvalue weighted by Crippen LogP contribution is 2.53. The van der Waals surface area contributed by atoms with Gasteiger partial charge in [0.1, 0.15) is 0 Å². The highest BCUT2D eigenvalue weighted by Gasteiger charge is 2.51. The van der Waals surface area contributed by atoms with Crippen LogP contribution in [-0.2, 0) is 10.2 Å². The molecule has 0 radical (unpaired) electrons. The van der Waals surface area contributed by atoms with Crippen molar-refractivity contribution in [1.29, 1.82) is 0 Å². The van der Waals surface area contributed by atoms with Crippen LogP contribution in [0.5, 0.6) is 0 Å². The Morgan fingerprint density at radius 3 is 2.80 bits per heavy atom. The normalized spacial score (nSPS) is 24.8. The topological polar surface area (TPSA) is 61.7 Å². The summed E-state index contributed by atoms with van der Waals surface area (Å²) in [5.41, 5.74) is 4.94. The standard InChI is InChI=1S/C21H22N2O2/c1-14-7-2-3-8-15(14)20-21(11-6-12-22-20)16-9-4-5-10-17(16)23-18(21)13-19(24)25/h2-5,7-10,20,22H,6,11-13H2,1H3,(H,24,25). The van der Waals surface area contributed by atoms with E-state index in [4.69, 9.17) is 4.99 Å².